The van der Waals surface area contributed by atoms with Crippen LogP contribution in [0.25, 0.3) is 0 Å². The van der Waals surface area contributed by atoms with Gasteiger partial charge in [0.15, 0.2) is 0 Å². The Morgan fingerprint density at radius 3 is 2.07 bits per heavy atom. The number of likely N-dealkylation sites (tertiary alicyclic amines) is 1. The molecular weight excluding hydrogens is 182 g/mol. The molecule has 0 bridgehead atoms. The maximum Gasteiger partial charge on any atom is 0.0125 e. The van der Waals surface area contributed by atoms with Gasteiger partial charge in [0.25, 0.3) is 0 Å². The van der Waals surface area contributed by atoms with Crippen LogP contribution in [0, 0.1) is 11.3 Å². The predicted molar refractivity (Wildman–Crippen MR) is 68.1 cm³/mol. The van der Waals surface area contributed by atoms with Gasteiger partial charge in [-0.3, -0.25) is 4.90 Å². The predicted octanol–water partition coefficient (Wildman–Crippen LogP) is 3.93. The van der Waals surface area contributed by atoms with Crippen molar-refractivity contribution < 1.29 is 0 Å². The van der Waals surface area contributed by atoms with Crippen molar-refractivity contribution in [3.8, 4) is 0 Å². The van der Waals surface area contributed by atoms with Crippen LogP contribution in [0.1, 0.15) is 60.8 Å². The van der Waals surface area contributed by atoms with E-state index in [1.54, 1.807) is 0 Å². The van der Waals surface area contributed by atoms with Gasteiger partial charge < -0.3 is 0 Å². The molecule has 1 fully saturated rings. The van der Waals surface area contributed by atoms with Gasteiger partial charge in [0.1, 0.15) is 0 Å². The minimum atomic E-state index is 0.372. The highest BCUT2D eigenvalue weighted by molar-refractivity contribution is 4.98. The van der Waals surface area contributed by atoms with Gasteiger partial charge in [0.05, 0.1) is 0 Å². The zero-order valence-electron chi connectivity index (χ0n) is 11.6. The van der Waals surface area contributed by atoms with Crippen LogP contribution in [0.2, 0.25) is 0 Å². The SMILES string of the molecule is CCC1(CCC(C)C)CN(C(C)(C)C)C1. The van der Waals surface area contributed by atoms with E-state index in [1.807, 2.05) is 0 Å². The first kappa shape index (κ1) is 13.0. The first-order chi connectivity index (χ1) is 6.79. The molecular formula is C14H29N. The molecule has 0 saturated carbocycles. The van der Waals surface area contributed by atoms with Crippen molar-refractivity contribution >= 4 is 0 Å². The molecule has 1 rings (SSSR count). The molecule has 0 aromatic heterocycles. The van der Waals surface area contributed by atoms with Crippen LogP contribution in [-0.2, 0) is 0 Å². The van der Waals surface area contributed by atoms with E-state index in [9.17, 15) is 0 Å². The van der Waals surface area contributed by atoms with Crippen molar-refractivity contribution in [3.63, 3.8) is 0 Å². The fourth-order valence-electron chi connectivity index (χ4n) is 2.39. The molecule has 0 aromatic rings. The van der Waals surface area contributed by atoms with E-state index in [-0.39, 0.29) is 0 Å². The first-order valence-electron chi connectivity index (χ1n) is 6.54. The zero-order valence-corrected chi connectivity index (χ0v) is 11.6. The third kappa shape index (κ3) is 3.21. The lowest BCUT2D eigenvalue weighted by Crippen LogP contribution is -2.62. The van der Waals surface area contributed by atoms with E-state index in [2.05, 4.69) is 46.4 Å². The molecule has 0 amide bonds. The van der Waals surface area contributed by atoms with E-state index in [1.165, 1.54) is 32.4 Å². The second-order valence-electron chi connectivity index (χ2n) is 6.81. The molecule has 0 aliphatic carbocycles. The van der Waals surface area contributed by atoms with Gasteiger partial charge in [0, 0.05) is 18.6 Å². The molecule has 90 valence electrons. The molecule has 0 radical (unpaired) electrons. The van der Waals surface area contributed by atoms with E-state index >= 15 is 0 Å². The maximum atomic E-state index is 2.62. The standard InChI is InChI=1S/C14H29N/c1-7-14(9-8-12(2)3)10-15(11-14)13(4,5)6/h12H,7-11H2,1-6H3. The highest BCUT2D eigenvalue weighted by Gasteiger charge is 2.44. The molecule has 1 aliphatic rings. The van der Waals surface area contributed by atoms with Crippen molar-refractivity contribution in [1.29, 1.82) is 0 Å². The monoisotopic (exact) mass is 211 g/mol. The summed E-state index contributed by atoms with van der Waals surface area (Å²) in [5.74, 6) is 0.858. The van der Waals surface area contributed by atoms with Gasteiger partial charge in [-0.15, -0.1) is 0 Å². The van der Waals surface area contributed by atoms with Crippen LogP contribution < -0.4 is 0 Å². The number of rotatable bonds is 4. The highest BCUT2D eigenvalue weighted by atomic mass is 15.3. The van der Waals surface area contributed by atoms with Crippen LogP contribution >= 0.6 is 0 Å². The smallest absolute Gasteiger partial charge is 0.0125 e. The minimum absolute atomic E-state index is 0.372. The van der Waals surface area contributed by atoms with Crippen molar-refractivity contribution in [2.75, 3.05) is 13.1 Å². The summed E-state index contributed by atoms with van der Waals surface area (Å²) in [5, 5.41) is 0. The maximum absolute atomic E-state index is 2.62. The topological polar surface area (TPSA) is 3.24 Å². The summed E-state index contributed by atoms with van der Waals surface area (Å²) in [6, 6.07) is 0. The molecule has 1 heterocycles. The van der Waals surface area contributed by atoms with Crippen LogP contribution in [0.15, 0.2) is 0 Å². The molecule has 0 unspecified atom stereocenters. The van der Waals surface area contributed by atoms with Gasteiger partial charge in [-0.1, -0.05) is 27.2 Å². The molecule has 0 N–H and O–H groups in total. The lowest BCUT2D eigenvalue weighted by Gasteiger charge is -2.56. The Bertz CT molecular complexity index is 194. The number of hydrogen-bond acceptors (Lipinski definition) is 1. The third-order valence-electron chi connectivity index (χ3n) is 4.00. The molecule has 0 aromatic carbocycles. The van der Waals surface area contributed by atoms with Gasteiger partial charge >= 0.3 is 0 Å². The zero-order chi connectivity index (χ0) is 11.7. The Kier molecular flexibility index (Phi) is 3.86. The quantitative estimate of drug-likeness (QED) is 0.681. The van der Waals surface area contributed by atoms with Crippen molar-refractivity contribution in [2.24, 2.45) is 11.3 Å². The van der Waals surface area contributed by atoms with E-state index in [4.69, 9.17) is 0 Å². The van der Waals surface area contributed by atoms with Crippen molar-refractivity contribution in [3.05, 3.63) is 0 Å². The summed E-state index contributed by atoms with van der Waals surface area (Å²) in [6.45, 7) is 16.7. The number of nitrogens with zero attached hydrogens (tertiary/aromatic N) is 1. The second-order valence-corrected chi connectivity index (χ2v) is 6.81. The van der Waals surface area contributed by atoms with E-state index in [0.29, 0.717) is 11.0 Å². The van der Waals surface area contributed by atoms with Crippen LogP contribution in [0.3, 0.4) is 0 Å². The Hall–Kier alpha value is -0.0400. The second kappa shape index (κ2) is 4.45. The van der Waals surface area contributed by atoms with Crippen LogP contribution in [0.5, 0.6) is 0 Å². The molecule has 15 heavy (non-hydrogen) atoms. The van der Waals surface area contributed by atoms with Crippen LogP contribution in [-0.4, -0.2) is 23.5 Å². The van der Waals surface area contributed by atoms with Crippen LogP contribution in [0.4, 0.5) is 0 Å². The van der Waals surface area contributed by atoms with Gasteiger partial charge in [0.2, 0.25) is 0 Å². The average molecular weight is 211 g/mol. The summed E-state index contributed by atoms with van der Waals surface area (Å²) < 4.78 is 0. The molecule has 1 aliphatic heterocycles. The van der Waals surface area contributed by atoms with Crippen molar-refractivity contribution in [1.82, 2.24) is 4.90 Å². The Labute approximate surface area is 96.2 Å². The molecule has 0 atom stereocenters. The molecule has 0 spiro atoms. The van der Waals surface area contributed by atoms with Crippen molar-refractivity contribution in [2.45, 2.75) is 66.3 Å². The molecule has 1 heteroatoms. The average Bonchev–Trinajstić information content (AvgIpc) is 2.00. The Morgan fingerprint density at radius 2 is 1.73 bits per heavy atom. The van der Waals surface area contributed by atoms with E-state index < -0.39 is 0 Å². The summed E-state index contributed by atoms with van der Waals surface area (Å²) in [7, 11) is 0. The Morgan fingerprint density at radius 1 is 1.20 bits per heavy atom. The van der Waals surface area contributed by atoms with E-state index in [0.717, 1.165) is 5.92 Å². The minimum Gasteiger partial charge on any atom is -0.297 e. The fourth-order valence-corrected chi connectivity index (χ4v) is 2.39. The summed E-state index contributed by atoms with van der Waals surface area (Å²) >= 11 is 0. The largest absolute Gasteiger partial charge is 0.297 e. The molecule has 1 saturated heterocycles. The fraction of sp³-hybridized carbons (Fsp3) is 1.00. The number of hydrogen-bond donors (Lipinski definition) is 0. The van der Waals surface area contributed by atoms with Gasteiger partial charge in [-0.2, -0.15) is 0 Å². The normalized spacial score (nSPS) is 21.8. The highest BCUT2D eigenvalue weighted by Crippen LogP contribution is 2.42. The lowest BCUT2D eigenvalue weighted by molar-refractivity contribution is -0.0682. The summed E-state index contributed by atoms with van der Waals surface area (Å²) in [5.41, 5.74) is 1.02. The first-order valence-corrected chi connectivity index (χ1v) is 6.54. The lowest BCUT2D eigenvalue weighted by atomic mass is 9.71. The summed E-state index contributed by atoms with van der Waals surface area (Å²) in [6.07, 6.45) is 4.17. The summed E-state index contributed by atoms with van der Waals surface area (Å²) in [4.78, 5) is 2.62. The van der Waals surface area contributed by atoms with Gasteiger partial charge in [-0.25, -0.2) is 0 Å². The third-order valence-corrected chi connectivity index (χ3v) is 4.00. The Balaban J connectivity index is 2.41. The molecule has 1 nitrogen and oxygen atoms in total. The van der Waals surface area contributed by atoms with Gasteiger partial charge in [-0.05, 0) is 44.9 Å².